The lowest BCUT2D eigenvalue weighted by atomic mass is 9.93. The first-order valence-electron chi connectivity index (χ1n) is 32.5. The number of benzene rings is 4. The minimum Gasteiger partial charge on any atom is -0.481 e. The summed E-state index contributed by atoms with van der Waals surface area (Å²) in [6.07, 6.45) is -0.501. The van der Waals surface area contributed by atoms with Crippen molar-refractivity contribution in [2.45, 2.75) is 120 Å². The lowest BCUT2D eigenvalue weighted by molar-refractivity contribution is -0.146. The van der Waals surface area contributed by atoms with E-state index in [-0.39, 0.29) is 106 Å². The fourth-order valence-electron chi connectivity index (χ4n) is 9.97. The summed E-state index contributed by atoms with van der Waals surface area (Å²) in [4.78, 5) is 124. The molecule has 103 heavy (non-hydrogen) atoms. The lowest BCUT2D eigenvalue weighted by Crippen LogP contribution is -2.51. The largest absolute Gasteiger partial charge is 0.481 e. The predicted octanol–water partition coefficient (Wildman–Crippen LogP) is 5.28. The number of hydrogen-bond donors (Lipinski definition) is 6. The number of aryl methyl sites for hydroxylation is 2. The van der Waals surface area contributed by atoms with Crippen LogP contribution in [0.1, 0.15) is 88.4 Å². The molecule has 0 bridgehead atoms. The van der Waals surface area contributed by atoms with Crippen LogP contribution in [0.2, 0.25) is 0 Å². The molecule has 6 aromatic rings. The molecule has 0 spiro atoms. The first-order chi connectivity index (χ1) is 48.9. The molecule has 5 heterocycles. The zero-order chi connectivity index (χ0) is 75.6. The Morgan fingerprint density at radius 3 is 1.23 bits per heavy atom. The van der Waals surface area contributed by atoms with Crippen LogP contribution in [0, 0.1) is 43.1 Å². The second-order valence-electron chi connectivity index (χ2n) is 25.2. The molecule has 556 valence electrons. The molecule has 3 fully saturated rings. The summed E-state index contributed by atoms with van der Waals surface area (Å²) in [5.41, 5.74) is 6.32. The van der Waals surface area contributed by atoms with Crippen molar-refractivity contribution in [3.05, 3.63) is 178 Å². The molecule has 10 atom stereocenters. The van der Waals surface area contributed by atoms with Crippen molar-refractivity contribution < 1.29 is 113 Å². The van der Waals surface area contributed by atoms with E-state index in [1.165, 1.54) is 89.1 Å². The molecule has 31 heteroatoms. The van der Waals surface area contributed by atoms with Crippen molar-refractivity contribution in [2.24, 2.45) is 17.6 Å². The van der Waals surface area contributed by atoms with Gasteiger partial charge in [0.1, 0.15) is 64.5 Å². The number of carbonyl (C=O) groups is 10. The van der Waals surface area contributed by atoms with Crippen molar-refractivity contribution in [1.29, 1.82) is 0 Å². The highest BCUT2D eigenvalue weighted by atomic mass is 19.1. The Balaban J connectivity index is 0.000000226. The third kappa shape index (κ3) is 26.6. The molecule has 9 rings (SSSR count). The number of carbonyl (C=O) groups excluding carboxylic acids is 9. The Morgan fingerprint density at radius 1 is 0.495 bits per heavy atom. The zero-order valence-electron chi connectivity index (χ0n) is 58.4. The van der Waals surface area contributed by atoms with Gasteiger partial charge in [0.15, 0.2) is 40.3 Å². The molecule has 3 aliphatic rings. The third-order valence-corrected chi connectivity index (χ3v) is 16.3. The number of aliphatic carboxylic acids is 1. The maximum Gasteiger partial charge on any atom is 0.408 e. The Bertz CT molecular complexity index is 3830. The van der Waals surface area contributed by atoms with Gasteiger partial charge in [0, 0.05) is 53.4 Å². The van der Waals surface area contributed by atoms with E-state index in [0.717, 1.165) is 16.7 Å². The summed E-state index contributed by atoms with van der Waals surface area (Å²) >= 11 is 0. The van der Waals surface area contributed by atoms with E-state index in [2.05, 4.69) is 31.6 Å². The highest BCUT2D eigenvalue weighted by molar-refractivity contribution is 6.00. The average Bonchev–Trinajstić information content (AvgIpc) is 1.71. The SMILES string of the molecule is COC[C@H](CC(=O)[C@H](COC)NC(=O)c1cc(C)on1)C(=O)N[C@@H](Cc1ccc(F)cc1)C(=O)[C@@]1(C)CO1.COC[C@H](CC(=O)[C@H](COC)NC(=O)c1cc(C)on1)C(=O)O.C[C@]1(C(=O)[C@@H](N)Cc2ccc(F)cc2)CO1.C[C@]1(C(=O)[C@H](Cc2ccc(F)cc2)NC(=O)OCc2ccccc2)CO1. The van der Waals surface area contributed by atoms with Crippen LogP contribution in [-0.4, -0.2) is 196 Å². The van der Waals surface area contributed by atoms with E-state index in [4.69, 9.17) is 57.8 Å². The number of ether oxygens (including phenoxy) is 8. The van der Waals surface area contributed by atoms with Crippen molar-refractivity contribution in [3.8, 4) is 0 Å². The Morgan fingerprint density at radius 2 is 0.864 bits per heavy atom. The van der Waals surface area contributed by atoms with Gasteiger partial charge in [-0.05, 0) is 113 Å². The summed E-state index contributed by atoms with van der Waals surface area (Å²) in [7, 11) is 5.47. The number of nitrogens with one attached hydrogen (secondary N) is 4. The molecule has 28 nitrogen and oxygen atoms in total. The van der Waals surface area contributed by atoms with E-state index < -0.39 is 106 Å². The van der Waals surface area contributed by atoms with E-state index in [1.807, 2.05) is 30.3 Å². The summed E-state index contributed by atoms with van der Waals surface area (Å²) in [5.74, 6) is -6.68. The second kappa shape index (κ2) is 39.1. The van der Waals surface area contributed by atoms with E-state index >= 15 is 0 Å². The molecule has 0 saturated carbocycles. The number of nitrogens with zero attached hydrogens (tertiary/aromatic N) is 2. The fraction of sp³-hybridized carbons (Fsp3) is 0.444. The number of halogens is 3. The van der Waals surface area contributed by atoms with Crippen LogP contribution >= 0.6 is 0 Å². The van der Waals surface area contributed by atoms with Crippen molar-refractivity contribution in [1.82, 2.24) is 31.6 Å². The lowest BCUT2D eigenvalue weighted by Gasteiger charge is -2.24. The number of hydrogen-bond acceptors (Lipinski definition) is 23. The minimum atomic E-state index is -1.14. The van der Waals surface area contributed by atoms with Gasteiger partial charge in [-0.2, -0.15) is 0 Å². The summed E-state index contributed by atoms with van der Waals surface area (Å²) in [5, 5.41) is 26.6. The molecule has 2 aromatic heterocycles. The quantitative estimate of drug-likeness (QED) is 0.0272. The predicted molar refractivity (Wildman–Crippen MR) is 358 cm³/mol. The average molecular weight is 1440 g/mol. The van der Waals surface area contributed by atoms with Gasteiger partial charge < -0.3 is 79.0 Å². The Labute approximate surface area is 591 Å². The van der Waals surface area contributed by atoms with Crippen LogP contribution in [0.4, 0.5) is 18.0 Å². The first-order valence-corrected chi connectivity index (χ1v) is 32.5. The van der Waals surface area contributed by atoms with Gasteiger partial charge in [0.2, 0.25) is 5.91 Å². The van der Waals surface area contributed by atoms with E-state index in [1.54, 1.807) is 58.9 Å². The van der Waals surface area contributed by atoms with Crippen LogP contribution in [0.25, 0.3) is 0 Å². The molecular formula is C72H86F3N7O21. The third-order valence-electron chi connectivity index (χ3n) is 16.3. The second-order valence-corrected chi connectivity index (χ2v) is 25.2. The number of carboxylic acids is 1. The van der Waals surface area contributed by atoms with Crippen molar-refractivity contribution >= 4 is 58.7 Å². The number of epoxide rings is 3. The summed E-state index contributed by atoms with van der Waals surface area (Å²) < 4.78 is 89.5. The highest BCUT2D eigenvalue weighted by Gasteiger charge is 2.52. The number of alkyl carbamates (subject to hydrolysis) is 1. The van der Waals surface area contributed by atoms with Crippen LogP contribution in [0.3, 0.4) is 0 Å². The number of aromatic nitrogens is 2. The zero-order valence-corrected chi connectivity index (χ0v) is 58.4. The standard InChI is InChI=1S/C26H32FN3O8.C20H20FNO4.C14H20N2O7.C12H14FNO2/c1-15-9-20(30-38-15)25(34)29-21(13-36-4)22(31)11-17(12-35-3)24(33)28-19(23(32)26(2)14-37-26)10-16-5-7-18(27)8-6-16;1-20(13-26-20)18(23)17(11-14-7-9-16(21)10-8-14)22-19(24)25-12-15-5-3-2-4-6-15;1-8-4-10(16-23-8)13(18)15-11(7-22-3)12(17)5-9(6-21-2)14(19)20;1-12(7-16-12)11(15)10(14)6-8-2-4-9(13)5-3-8/h5-9,17,19,21H,10-14H2,1-4H3,(H,28,33)(H,29,34);2-10,17H,11-13H2,1H3,(H,22,24);4,9,11H,5-7H2,1-3H3,(H,15,18)(H,19,20);2-5,10H,6-7,14H2,1H3/t17-,19-,21-,26+;17-,20+;9-,11-;10-,12+/m0000/s1. The summed E-state index contributed by atoms with van der Waals surface area (Å²) in [6.45, 7) is 8.98. The van der Waals surface area contributed by atoms with Crippen molar-refractivity contribution in [2.75, 3.05) is 74.7 Å². The number of nitrogens with two attached hydrogens (primary N) is 1. The van der Waals surface area contributed by atoms with Gasteiger partial charge in [-0.1, -0.05) is 77.0 Å². The maximum atomic E-state index is 13.4. The number of ketones is 5. The molecule has 0 radical (unpaired) electrons. The Kier molecular flexibility index (Phi) is 31.2. The van der Waals surface area contributed by atoms with Gasteiger partial charge in [-0.25, -0.2) is 18.0 Å². The van der Waals surface area contributed by atoms with Gasteiger partial charge >= 0.3 is 12.1 Å². The number of methoxy groups -OCH3 is 4. The van der Waals surface area contributed by atoms with Crippen LogP contribution in [0.5, 0.6) is 0 Å². The van der Waals surface area contributed by atoms with Crippen LogP contribution in [0.15, 0.2) is 124 Å². The van der Waals surface area contributed by atoms with E-state index in [9.17, 15) is 61.1 Å². The molecule has 3 saturated heterocycles. The monoisotopic (exact) mass is 1440 g/mol. The highest BCUT2D eigenvalue weighted by Crippen LogP contribution is 2.31. The molecule has 3 aliphatic heterocycles. The number of rotatable bonds is 36. The van der Waals surface area contributed by atoms with Gasteiger partial charge in [0.25, 0.3) is 11.8 Å². The normalized spacial score (nSPS) is 18.7. The Hall–Kier alpha value is -9.73. The first kappa shape index (κ1) is 82.2. The number of carboxylic acid groups (broad SMARTS) is 1. The minimum absolute atomic E-state index is 0.000486. The van der Waals surface area contributed by atoms with Gasteiger partial charge in [-0.15, -0.1) is 0 Å². The maximum absolute atomic E-state index is 13.4. The fourth-order valence-corrected chi connectivity index (χ4v) is 9.97. The molecule has 4 amide bonds. The molecule has 7 N–H and O–H groups in total. The topological polar surface area (TPSA) is 401 Å². The smallest absolute Gasteiger partial charge is 0.408 e. The van der Waals surface area contributed by atoms with Gasteiger partial charge in [-0.3, -0.25) is 43.2 Å². The molecule has 0 aliphatic carbocycles. The van der Waals surface area contributed by atoms with Crippen LogP contribution < -0.4 is 27.0 Å². The van der Waals surface area contributed by atoms with Gasteiger partial charge in [0.05, 0.1) is 76.2 Å². The number of Topliss-reactive ketones (excluding diaryl/α,β-unsaturated/α-hetero) is 5. The van der Waals surface area contributed by atoms with Crippen LogP contribution in [-0.2, 0) is 97.3 Å². The molecule has 4 aromatic carbocycles. The molecular weight excluding hydrogens is 1360 g/mol. The molecule has 0 unspecified atom stereocenters. The van der Waals surface area contributed by atoms with Crippen molar-refractivity contribution in [3.63, 3.8) is 0 Å². The summed E-state index contributed by atoms with van der Waals surface area (Å²) in [6, 6.07) is 25.1. The van der Waals surface area contributed by atoms with E-state index in [0.29, 0.717) is 36.7 Å². The number of amides is 4.